The van der Waals surface area contributed by atoms with Gasteiger partial charge < -0.3 is 0 Å². The topological polar surface area (TPSA) is 43.4 Å². The van der Waals surface area contributed by atoms with E-state index in [1.165, 1.54) is 23.5 Å². The van der Waals surface area contributed by atoms with Gasteiger partial charge in [0.1, 0.15) is 0 Å². The van der Waals surface area contributed by atoms with Gasteiger partial charge in [-0.1, -0.05) is 12.1 Å². The summed E-state index contributed by atoms with van der Waals surface area (Å²) >= 11 is 1.36. The summed E-state index contributed by atoms with van der Waals surface area (Å²) in [5, 5.41) is 0. The largest absolute Gasteiger partial charge is 0.537 e. The molecule has 110 valence electrons. The molecule has 0 N–H and O–H groups in total. The predicted octanol–water partition coefficient (Wildman–Crippen LogP) is 2.85. The fourth-order valence-corrected chi connectivity index (χ4v) is 4.39. The van der Waals surface area contributed by atoms with Crippen LogP contribution in [0.1, 0.15) is 12.0 Å². The van der Waals surface area contributed by atoms with Gasteiger partial charge in [0.15, 0.2) is 0 Å². The number of allylic oxidation sites excluding steroid dienone is 4. The van der Waals surface area contributed by atoms with Crippen molar-refractivity contribution in [2.24, 2.45) is 0 Å². The molecule has 0 saturated heterocycles. The van der Waals surface area contributed by atoms with E-state index in [4.69, 9.17) is 0 Å². The first-order valence-corrected chi connectivity index (χ1v) is 8.05. The molecule has 1 heterocycles. The fourth-order valence-electron chi connectivity index (χ4n) is 2.17. The second-order valence-corrected chi connectivity index (χ2v) is 7.13. The van der Waals surface area contributed by atoms with Gasteiger partial charge in [-0.3, -0.25) is 0 Å². The van der Waals surface area contributed by atoms with Crippen LogP contribution in [-0.2, 0) is 25.7 Å². The van der Waals surface area contributed by atoms with E-state index in [9.17, 15) is 21.6 Å². The zero-order valence-corrected chi connectivity index (χ0v) is 12.0. The molecule has 0 saturated carbocycles. The third-order valence-electron chi connectivity index (χ3n) is 3.01. The third kappa shape index (κ3) is 2.78. The summed E-state index contributed by atoms with van der Waals surface area (Å²) in [4.78, 5) is 1.28. The molecule has 0 amide bonds. The molecule has 0 aromatic heterocycles. The molecule has 0 atom stereocenters. The molecule has 0 bridgehead atoms. The monoisotopic (exact) mass is 333 g/mol. The Kier molecular flexibility index (Phi) is 3.27. The zero-order chi connectivity index (χ0) is 15.3. The van der Waals surface area contributed by atoms with Crippen molar-refractivity contribution in [2.75, 3.05) is 0 Å². The van der Waals surface area contributed by atoms with Crippen LogP contribution in [0.5, 0.6) is 0 Å². The summed E-state index contributed by atoms with van der Waals surface area (Å²) < 4.78 is 62.8. The van der Waals surface area contributed by atoms with E-state index in [2.05, 4.69) is 4.18 Å². The van der Waals surface area contributed by atoms with Crippen LogP contribution in [0.3, 0.4) is 0 Å². The van der Waals surface area contributed by atoms with Crippen LogP contribution >= 0.6 is 0 Å². The Morgan fingerprint density at radius 1 is 1.14 bits per heavy atom. The smallest absolute Gasteiger partial charge is 0.194 e. The van der Waals surface area contributed by atoms with Gasteiger partial charge in [0.25, 0.3) is 0 Å². The molecule has 3 rings (SSSR count). The van der Waals surface area contributed by atoms with Crippen LogP contribution in [0.25, 0.3) is 5.57 Å². The highest BCUT2D eigenvalue weighted by Crippen LogP contribution is 2.35. The van der Waals surface area contributed by atoms with E-state index in [1.807, 2.05) is 24.3 Å². The highest BCUT2D eigenvalue weighted by molar-refractivity contribution is 7.91. The summed E-state index contributed by atoms with van der Waals surface area (Å²) in [5.74, 6) is 0. The van der Waals surface area contributed by atoms with Crippen LogP contribution in [0.2, 0.25) is 0 Å². The molecule has 0 spiro atoms. The molecule has 1 aromatic carbocycles. The average molecular weight is 333 g/mol. The summed E-state index contributed by atoms with van der Waals surface area (Å²) in [6, 6.07) is 7.47. The molecule has 0 radical (unpaired) electrons. The van der Waals surface area contributed by atoms with Crippen LogP contribution in [-0.4, -0.2) is 19.6 Å². The van der Waals surface area contributed by atoms with Crippen LogP contribution in [0, 0.1) is 0 Å². The first-order chi connectivity index (χ1) is 9.76. The molecule has 21 heavy (non-hydrogen) atoms. The van der Waals surface area contributed by atoms with Gasteiger partial charge >= 0.3 is 16.5 Å². The van der Waals surface area contributed by atoms with E-state index in [0.717, 1.165) is 16.0 Å². The maximum Gasteiger partial charge on any atom is 0.537 e. The Bertz CT molecular complexity index is 802. The minimum absolute atomic E-state index is 0.0937. The molecule has 3 nitrogen and oxygen atoms in total. The first kappa shape index (κ1) is 14.4. The maximum absolute atomic E-state index is 12.1. The molecular formula is C13H8F3O3S2+. The molecule has 2 aliphatic rings. The fraction of sp³-hybridized carbons (Fsp3) is 0.154. The SMILES string of the molecule is O=S(=O)(OC(F)(F)F)C1=CC=C2C(=[S+]c3ccccc32)C1. The lowest BCUT2D eigenvalue weighted by molar-refractivity contribution is -0.271. The van der Waals surface area contributed by atoms with Crippen molar-refractivity contribution in [1.29, 1.82) is 0 Å². The molecule has 1 aromatic rings. The summed E-state index contributed by atoms with van der Waals surface area (Å²) in [6.07, 6.45) is -2.63. The number of hydrogen-bond donors (Lipinski definition) is 0. The van der Waals surface area contributed by atoms with E-state index in [1.54, 1.807) is 0 Å². The Morgan fingerprint density at radius 3 is 2.57 bits per heavy atom. The second-order valence-electron chi connectivity index (χ2n) is 4.39. The maximum atomic E-state index is 12.1. The van der Waals surface area contributed by atoms with Crippen molar-refractivity contribution in [3.63, 3.8) is 0 Å². The number of halogens is 3. The van der Waals surface area contributed by atoms with Crippen molar-refractivity contribution in [2.45, 2.75) is 17.7 Å². The minimum Gasteiger partial charge on any atom is -0.194 e. The molecule has 1 aliphatic heterocycles. The lowest BCUT2D eigenvalue weighted by atomic mass is 9.97. The van der Waals surface area contributed by atoms with Gasteiger partial charge in [0.05, 0.1) is 16.9 Å². The van der Waals surface area contributed by atoms with Crippen LogP contribution in [0.4, 0.5) is 13.2 Å². The predicted molar refractivity (Wildman–Crippen MR) is 73.8 cm³/mol. The number of fused-ring (bicyclic) bond motifs is 3. The van der Waals surface area contributed by atoms with Gasteiger partial charge in [0.2, 0.25) is 21.1 Å². The first-order valence-electron chi connectivity index (χ1n) is 5.83. The van der Waals surface area contributed by atoms with Crippen molar-refractivity contribution in [3.8, 4) is 0 Å². The zero-order valence-electron chi connectivity index (χ0n) is 10.3. The summed E-state index contributed by atoms with van der Waals surface area (Å²) in [7, 11) is -4.81. The van der Waals surface area contributed by atoms with Crippen LogP contribution < -0.4 is 0 Å². The van der Waals surface area contributed by atoms with E-state index >= 15 is 0 Å². The Hall–Kier alpha value is -1.51. The Balaban J connectivity index is 1.96. The molecule has 1 aliphatic carbocycles. The van der Waals surface area contributed by atoms with Crippen LogP contribution in [0.15, 0.2) is 46.2 Å². The normalized spacial score (nSPS) is 17.6. The van der Waals surface area contributed by atoms with E-state index in [-0.39, 0.29) is 11.3 Å². The Morgan fingerprint density at radius 2 is 1.86 bits per heavy atom. The Labute approximate surface area is 122 Å². The molecule has 8 heteroatoms. The van der Waals surface area contributed by atoms with Gasteiger partial charge in [-0.2, -0.15) is 12.6 Å². The van der Waals surface area contributed by atoms with E-state index < -0.39 is 16.5 Å². The summed E-state index contributed by atoms with van der Waals surface area (Å²) in [5.41, 5.74) is 1.81. The lowest BCUT2D eigenvalue weighted by Crippen LogP contribution is -2.22. The van der Waals surface area contributed by atoms with Crippen molar-refractivity contribution >= 4 is 31.9 Å². The number of benzene rings is 1. The number of alkyl halides is 3. The molecular weight excluding hydrogens is 325 g/mol. The van der Waals surface area contributed by atoms with E-state index in [0.29, 0.717) is 4.86 Å². The highest BCUT2D eigenvalue weighted by atomic mass is 32.2. The van der Waals surface area contributed by atoms with Crippen molar-refractivity contribution in [3.05, 3.63) is 46.9 Å². The van der Waals surface area contributed by atoms with Gasteiger partial charge in [-0.25, -0.2) is 0 Å². The third-order valence-corrected chi connectivity index (χ3v) is 5.52. The van der Waals surface area contributed by atoms with Gasteiger partial charge in [0, 0.05) is 11.6 Å². The number of rotatable bonds is 2. The quantitative estimate of drug-likeness (QED) is 0.475. The lowest BCUT2D eigenvalue weighted by Gasteiger charge is -2.12. The summed E-state index contributed by atoms with van der Waals surface area (Å²) in [6.45, 7) is 0. The molecule has 0 unspecified atom stereocenters. The van der Waals surface area contributed by atoms with Crippen molar-refractivity contribution < 1.29 is 25.8 Å². The van der Waals surface area contributed by atoms with Gasteiger partial charge in [-0.15, -0.1) is 13.2 Å². The van der Waals surface area contributed by atoms with Crippen molar-refractivity contribution in [1.82, 2.24) is 0 Å². The highest BCUT2D eigenvalue weighted by Gasteiger charge is 2.42. The molecule has 0 fully saturated rings. The standard InChI is InChI=1S/C13H8F3O3S2/c14-13(15,16)19-21(17,18)8-5-6-10-9-3-1-2-4-11(9)20-12(10)7-8/h1-6H,7H2/q+1. The minimum atomic E-state index is -5.22. The van der Waals surface area contributed by atoms with Gasteiger partial charge in [-0.05, 0) is 18.2 Å². The second kappa shape index (κ2) is 4.75. The average Bonchev–Trinajstić information content (AvgIpc) is 2.73. The number of hydrogen-bond acceptors (Lipinski definition) is 3.